The van der Waals surface area contributed by atoms with Crippen LogP contribution in [0.25, 0.3) is 10.2 Å². The van der Waals surface area contributed by atoms with Gasteiger partial charge in [0.25, 0.3) is 10.0 Å². The van der Waals surface area contributed by atoms with Crippen molar-refractivity contribution in [1.82, 2.24) is 19.8 Å². The van der Waals surface area contributed by atoms with Crippen molar-refractivity contribution < 1.29 is 27.9 Å². The maximum Gasteiger partial charge on any atom is 0.436 e. The molecule has 13 heteroatoms. The van der Waals surface area contributed by atoms with E-state index < -0.39 is 16.1 Å². The van der Waals surface area contributed by atoms with Crippen molar-refractivity contribution >= 4 is 43.6 Å². The van der Waals surface area contributed by atoms with E-state index in [0.717, 1.165) is 15.8 Å². The second-order valence-electron chi connectivity index (χ2n) is 6.97. The zero-order valence-electron chi connectivity index (χ0n) is 18.0. The molecule has 0 radical (unpaired) electrons. The van der Waals surface area contributed by atoms with Crippen LogP contribution in [0.4, 0.5) is 10.5 Å². The van der Waals surface area contributed by atoms with E-state index in [9.17, 15) is 13.2 Å². The Morgan fingerprint density at radius 2 is 1.97 bits per heavy atom. The lowest BCUT2D eigenvalue weighted by Crippen LogP contribution is -2.32. The first kappa shape index (κ1) is 23.4. The average Bonchev–Trinajstić information content (AvgIpc) is 3.24. The molecule has 0 saturated carbocycles. The van der Waals surface area contributed by atoms with Gasteiger partial charge in [-0.3, -0.25) is 14.5 Å². The lowest BCUT2D eigenvalue weighted by atomic mass is 10.2. The van der Waals surface area contributed by atoms with Gasteiger partial charge in [-0.25, -0.2) is 23.7 Å². The summed E-state index contributed by atoms with van der Waals surface area (Å²) >= 11 is 1.08. The van der Waals surface area contributed by atoms with Crippen molar-refractivity contribution in [2.75, 3.05) is 11.4 Å². The summed E-state index contributed by atoms with van der Waals surface area (Å²) in [5.41, 5.74) is 2.51. The van der Waals surface area contributed by atoms with E-state index in [-0.39, 0.29) is 22.9 Å². The number of carbonyl (C=O) groups is 1. The lowest BCUT2D eigenvalue weighted by Gasteiger charge is -2.27. The largest absolute Gasteiger partial charge is 0.497 e. The second kappa shape index (κ2) is 9.59. The van der Waals surface area contributed by atoms with E-state index in [2.05, 4.69) is 14.3 Å². The molecule has 11 nitrogen and oxygen atoms in total. The number of aryl methyl sites for hydroxylation is 1. The zero-order chi connectivity index (χ0) is 24.3. The van der Waals surface area contributed by atoms with Gasteiger partial charge >= 0.3 is 6.09 Å². The Hall–Kier alpha value is -3.81. The van der Waals surface area contributed by atoms with Crippen LogP contribution in [0, 0.1) is 6.92 Å². The first-order valence-electron chi connectivity index (χ1n) is 9.77. The highest BCUT2D eigenvalue weighted by Crippen LogP contribution is 2.41. The number of hydroxylamine groups is 1. The number of hydrogen-bond acceptors (Lipinski definition) is 10. The minimum Gasteiger partial charge on any atom is -0.497 e. The third-order valence-electron chi connectivity index (χ3n) is 4.85. The van der Waals surface area contributed by atoms with Crippen LogP contribution in [-0.4, -0.2) is 41.2 Å². The van der Waals surface area contributed by atoms with E-state index in [1.807, 2.05) is 0 Å². The molecule has 0 atom stereocenters. The molecular weight excluding hydrogens is 482 g/mol. The van der Waals surface area contributed by atoms with Crippen molar-refractivity contribution in [3.05, 3.63) is 66.2 Å². The Morgan fingerprint density at radius 1 is 1.21 bits per heavy atom. The van der Waals surface area contributed by atoms with Crippen molar-refractivity contribution in [1.29, 1.82) is 0 Å². The predicted octanol–water partition coefficient (Wildman–Crippen LogP) is 3.28. The molecule has 0 saturated heterocycles. The normalized spacial score (nSPS) is 11.3. The third kappa shape index (κ3) is 4.48. The van der Waals surface area contributed by atoms with E-state index in [0.29, 0.717) is 27.2 Å². The summed E-state index contributed by atoms with van der Waals surface area (Å²) in [6.07, 6.45) is 3.12. The summed E-state index contributed by atoms with van der Waals surface area (Å²) in [5, 5.41) is 9.37. The number of carbonyl (C=O) groups excluding carboxylic acids is 1. The van der Waals surface area contributed by atoms with Crippen molar-refractivity contribution in [3.8, 4) is 11.5 Å². The van der Waals surface area contributed by atoms with Gasteiger partial charge in [0.2, 0.25) is 0 Å². The summed E-state index contributed by atoms with van der Waals surface area (Å²) in [5.74, 6) is 0.314. The van der Waals surface area contributed by atoms with E-state index in [1.165, 1.54) is 49.2 Å². The number of fused-ring (bicyclic) bond motifs is 1. The SMILES string of the molecule is COc1ccc(S(=O)(=O)N(Cc2cccnc2)c2c(OC(=O)NO)cnc3snc(C)c23)cc1. The molecule has 1 aromatic carbocycles. The number of nitrogens with zero attached hydrogens (tertiary/aromatic N) is 4. The molecule has 34 heavy (non-hydrogen) atoms. The van der Waals surface area contributed by atoms with Gasteiger partial charge < -0.3 is 9.47 Å². The van der Waals surface area contributed by atoms with Crippen LogP contribution in [0.2, 0.25) is 0 Å². The molecule has 0 unspecified atom stereocenters. The van der Waals surface area contributed by atoms with Crippen LogP contribution in [0.1, 0.15) is 11.3 Å². The van der Waals surface area contributed by atoms with E-state index in [4.69, 9.17) is 14.7 Å². The first-order valence-corrected chi connectivity index (χ1v) is 12.0. The van der Waals surface area contributed by atoms with Gasteiger partial charge in [0.1, 0.15) is 16.3 Å². The number of aromatic nitrogens is 3. The molecule has 0 aliphatic heterocycles. The minimum atomic E-state index is -4.20. The molecule has 4 aromatic rings. The molecule has 4 rings (SSSR count). The zero-order valence-corrected chi connectivity index (χ0v) is 19.6. The monoisotopic (exact) mass is 501 g/mol. The second-order valence-corrected chi connectivity index (χ2v) is 9.58. The maximum absolute atomic E-state index is 13.9. The van der Waals surface area contributed by atoms with E-state index >= 15 is 0 Å². The van der Waals surface area contributed by atoms with Gasteiger partial charge in [0.15, 0.2) is 5.75 Å². The molecule has 3 aromatic heterocycles. The summed E-state index contributed by atoms with van der Waals surface area (Å²) < 4.78 is 43.6. The standard InChI is InChI=1S/C21H19N5O6S2/c1-13-18-19(17(32-21(27)24-28)11-23-20(18)33-25-13)26(12-14-4-3-9-22-10-14)34(29,30)16-7-5-15(31-2)6-8-16/h3-11,28H,12H2,1-2H3,(H,24,27). The Balaban J connectivity index is 1.97. The van der Waals surface area contributed by atoms with Crippen LogP contribution in [0.3, 0.4) is 0 Å². The highest BCUT2D eigenvalue weighted by molar-refractivity contribution is 7.92. The number of amides is 1. The number of pyridine rings is 2. The van der Waals surface area contributed by atoms with Crippen molar-refractivity contribution in [2.45, 2.75) is 18.4 Å². The summed E-state index contributed by atoms with van der Waals surface area (Å²) in [4.78, 5) is 20.6. The van der Waals surface area contributed by atoms with Crippen molar-refractivity contribution in [3.63, 3.8) is 0 Å². The molecular formula is C21H19N5O6S2. The minimum absolute atomic E-state index is 0.0134. The predicted molar refractivity (Wildman–Crippen MR) is 124 cm³/mol. The number of anilines is 1. The van der Waals surface area contributed by atoms with Crippen LogP contribution < -0.4 is 19.3 Å². The Labute approximate surface area is 198 Å². The first-order chi connectivity index (χ1) is 16.3. The third-order valence-corrected chi connectivity index (χ3v) is 7.46. The number of nitrogens with one attached hydrogen (secondary N) is 1. The summed E-state index contributed by atoms with van der Waals surface area (Å²) in [6, 6.07) is 9.31. The fourth-order valence-corrected chi connectivity index (χ4v) is 5.51. The molecule has 2 N–H and O–H groups in total. The molecule has 0 fully saturated rings. The van der Waals surface area contributed by atoms with Gasteiger partial charge in [-0.2, -0.15) is 4.37 Å². The molecule has 0 bridgehead atoms. The Bertz CT molecular complexity index is 1430. The van der Waals surface area contributed by atoms with Crippen LogP contribution in [0.5, 0.6) is 11.5 Å². The summed E-state index contributed by atoms with van der Waals surface area (Å²) in [6.45, 7) is 1.57. The number of rotatable bonds is 7. The molecule has 0 aliphatic rings. The number of ether oxygens (including phenoxy) is 2. The molecule has 0 aliphatic carbocycles. The fourth-order valence-electron chi connectivity index (χ4n) is 3.28. The quantitative estimate of drug-likeness (QED) is 0.288. The van der Waals surface area contributed by atoms with Crippen LogP contribution >= 0.6 is 11.5 Å². The van der Waals surface area contributed by atoms with Gasteiger partial charge in [0.05, 0.1) is 35.8 Å². The average molecular weight is 502 g/mol. The van der Waals surface area contributed by atoms with Gasteiger partial charge in [-0.15, -0.1) is 0 Å². The summed E-state index contributed by atoms with van der Waals surface area (Å²) in [7, 11) is -2.72. The van der Waals surface area contributed by atoms with Crippen molar-refractivity contribution in [2.24, 2.45) is 0 Å². The van der Waals surface area contributed by atoms with Gasteiger partial charge in [0, 0.05) is 12.4 Å². The highest BCUT2D eigenvalue weighted by atomic mass is 32.2. The highest BCUT2D eigenvalue weighted by Gasteiger charge is 2.32. The number of hydrogen-bond donors (Lipinski definition) is 2. The molecule has 0 spiro atoms. The smallest absolute Gasteiger partial charge is 0.436 e. The van der Waals surface area contributed by atoms with Gasteiger partial charge in [-0.1, -0.05) is 6.07 Å². The molecule has 3 heterocycles. The van der Waals surface area contributed by atoms with Crippen LogP contribution in [0.15, 0.2) is 59.9 Å². The van der Waals surface area contributed by atoms with Gasteiger partial charge in [-0.05, 0) is 54.4 Å². The number of sulfonamides is 1. The lowest BCUT2D eigenvalue weighted by molar-refractivity contribution is 0.127. The van der Waals surface area contributed by atoms with E-state index in [1.54, 1.807) is 25.3 Å². The Morgan fingerprint density at radius 3 is 2.62 bits per heavy atom. The van der Waals surface area contributed by atoms with Crippen LogP contribution in [-0.2, 0) is 16.6 Å². The fraction of sp³-hybridized carbons (Fsp3) is 0.143. The maximum atomic E-state index is 13.9. The Kier molecular flexibility index (Phi) is 6.58. The molecule has 1 amide bonds. The number of methoxy groups -OCH3 is 1. The molecule has 176 valence electrons. The topological polar surface area (TPSA) is 144 Å². The number of benzene rings is 1.